The molecule has 2 saturated heterocycles. The average molecular weight is 302 g/mol. The number of nitrogens with one attached hydrogen (secondary N) is 1. The summed E-state index contributed by atoms with van der Waals surface area (Å²) in [5.74, 6) is -0.165. The van der Waals surface area contributed by atoms with Crippen molar-refractivity contribution in [2.45, 2.75) is 57.6 Å². The summed E-state index contributed by atoms with van der Waals surface area (Å²) in [6.45, 7) is 5.04. The fraction of sp³-hybridized carbons (Fsp3) is 0.688. The minimum atomic E-state index is -0.523. The number of amides is 1. The van der Waals surface area contributed by atoms with Crippen LogP contribution >= 0.6 is 0 Å². The average Bonchev–Trinajstić information content (AvgIpc) is 2.87. The Hall–Kier alpha value is -1.87. The van der Waals surface area contributed by atoms with Crippen molar-refractivity contribution in [2.75, 3.05) is 13.2 Å². The number of hydrogen-bond donors (Lipinski definition) is 1. The predicted molar refractivity (Wildman–Crippen MR) is 80.3 cm³/mol. The Morgan fingerprint density at radius 2 is 2.18 bits per heavy atom. The van der Waals surface area contributed by atoms with Gasteiger partial charge in [-0.05, 0) is 46.0 Å². The molecule has 2 aliphatic heterocycles. The molecule has 1 aromatic rings. The van der Waals surface area contributed by atoms with Gasteiger partial charge < -0.3 is 9.64 Å². The second-order valence-corrected chi connectivity index (χ2v) is 6.33. The largest absolute Gasteiger partial charge is 0.372 e. The number of piperidine rings is 1. The minimum absolute atomic E-state index is 0.165. The van der Waals surface area contributed by atoms with Crippen LogP contribution in [0.5, 0.6) is 0 Å². The van der Waals surface area contributed by atoms with Gasteiger partial charge in [0.1, 0.15) is 11.6 Å². The molecule has 22 heavy (non-hydrogen) atoms. The molecule has 0 aliphatic carbocycles. The number of aryl methyl sites for hydroxylation is 1. The lowest BCUT2D eigenvalue weighted by molar-refractivity contribution is -0.128. The van der Waals surface area contributed by atoms with Crippen molar-refractivity contribution in [3.8, 4) is 6.07 Å². The number of ether oxygens (including phenoxy) is 1. The molecule has 0 aromatic carbocycles. The standard InChI is InChI=1S/C16H22N4O2/c1-11-12(2)18-19-14(11)15(21)20-8-5-7-16(13(20)10-17)6-3-4-9-22-16/h13H,3-9H2,1-2H3,(H,18,19). The summed E-state index contributed by atoms with van der Waals surface area (Å²) in [4.78, 5) is 14.5. The van der Waals surface area contributed by atoms with E-state index < -0.39 is 11.6 Å². The molecule has 0 saturated carbocycles. The number of rotatable bonds is 1. The number of likely N-dealkylation sites (tertiary alicyclic amines) is 1. The van der Waals surface area contributed by atoms with Crippen LogP contribution in [0.3, 0.4) is 0 Å². The van der Waals surface area contributed by atoms with E-state index in [1.165, 1.54) is 0 Å². The predicted octanol–water partition coefficient (Wildman–Crippen LogP) is 2.09. The number of nitriles is 1. The molecule has 6 heteroatoms. The highest BCUT2D eigenvalue weighted by molar-refractivity contribution is 5.94. The van der Waals surface area contributed by atoms with E-state index in [2.05, 4.69) is 16.3 Å². The van der Waals surface area contributed by atoms with Crippen LogP contribution in [0.4, 0.5) is 0 Å². The summed E-state index contributed by atoms with van der Waals surface area (Å²) in [6.07, 6.45) is 4.67. The van der Waals surface area contributed by atoms with Crippen molar-refractivity contribution in [3.05, 3.63) is 17.0 Å². The van der Waals surface area contributed by atoms with Gasteiger partial charge in [-0.2, -0.15) is 10.4 Å². The lowest BCUT2D eigenvalue weighted by Crippen LogP contribution is -2.60. The number of carbonyl (C=O) groups excluding carboxylic acids is 1. The van der Waals surface area contributed by atoms with Gasteiger partial charge in [0, 0.05) is 24.4 Å². The van der Waals surface area contributed by atoms with Crippen LogP contribution in [0.1, 0.15) is 53.8 Å². The summed E-state index contributed by atoms with van der Waals surface area (Å²) >= 11 is 0. The first-order valence-corrected chi connectivity index (χ1v) is 7.95. The molecule has 0 radical (unpaired) electrons. The molecule has 1 N–H and O–H groups in total. The molecule has 3 rings (SSSR count). The summed E-state index contributed by atoms with van der Waals surface area (Å²) in [5.41, 5.74) is 1.68. The molecule has 2 unspecified atom stereocenters. The Labute approximate surface area is 130 Å². The molecule has 0 bridgehead atoms. The van der Waals surface area contributed by atoms with E-state index in [0.717, 1.165) is 43.4 Å². The number of H-pyrrole nitrogens is 1. The molecule has 3 heterocycles. The highest BCUT2D eigenvalue weighted by atomic mass is 16.5. The van der Waals surface area contributed by atoms with Gasteiger partial charge >= 0.3 is 0 Å². The van der Waals surface area contributed by atoms with E-state index in [1.54, 1.807) is 4.90 Å². The molecular weight excluding hydrogens is 280 g/mol. The minimum Gasteiger partial charge on any atom is -0.372 e. The van der Waals surface area contributed by atoms with Gasteiger partial charge in [0.25, 0.3) is 5.91 Å². The maximum atomic E-state index is 12.9. The first-order valence-electron chi connectivity index (χ1n) is 7.95. The zero-order valence-corrected chi connectivity index (χ0v) is 13.2. The maximum Gasteiger partial charge on any atom is 0.275 e. The lowest BCUT2D eigenvalue weighted by Gasteiger charge is -2.48. The van der Waals surface area contributed by atoms with Crippen LogP contribution in [0.2, 0.25) is 0 Å². The third-order valence-corrected chi connectivity index (χ3v) is 5.03. The van der Waals surface area contributed by atoms with Crippen molar-refractivity contribution in [3.63, 3.8) is 0 Å². The fourth-order valence-corrected chi connectivity index (χ4v) is 3.62. The Balaban J connectivity index is 1.90. The van der Waals surface area contributed by atoms with Gasteiger partial charge in [-0.1, -0.05) is 0 Å². The van der Waals surface area contributed by atoms with Crippen molar-refractivity contribution in [2.24, 2.45) is 0 Å². The summed E-state index contributed by atoms with van der Waals surface area (Å²) in [7, 11) is 0. The van der Waals surface area contributed by atoms with Crippen LogP contribution in [-0.4, -0.2) is 45.8 Å². The topological polar surface area (TPSA) is 82.0 Å². The van der Waals surface area contributed by atoms with Crippen molar-refractivity contribution in [1.82, 2.24) is 15.1 Å². The van der Waals surface area contributed by atoms with Gasteiger partial charge in [0.15, 0.2) is 5.69 Å². The molecule has 118 valence electrons. The van der Waals surface area contributed by atoms with Crippen LogP contribution in [0.15, 0.2) is 0 Å². The molecule has 6 nitrogen and oxygen atoms in total. The van der Waals surface area contributed by atoms with E-state index in [-0.39, 0.29) is 5.91 Å². The molecule has 1 amide bonds. The number of aromatic amines is 1. The third-order valence-electron chi connectivity index (χ3n) is 5.03. The second kappa shape index (κ2) is 5.73. The molecular formula is C16H22N4O2. The molecule has 1 spiro atoms. The zero-order valence-electron chi connectivity index (χ0n) is 13.2. The first-order chi connectivity index (χ1) is 10.6. The van der Waals surface area contributed by atoms with Crippen LogP contribution < -0.4 is 0 Å². The van der Waals surface area contributed by atoms with E-state index in [1.807, 2.05) is 13.8 Å². The van der Waals surface area contributed by atoms with Crippen molar-refractivity contribution >= 4 is 5.91 Å². The van der Waals surface area contributed by atoms with E-state index in [4.69, 9.17) is 4.74 Å². The molecule has 2 fully saturated rings. The number of nitrogens with zero attached hydrogens (tertiary/aromatic N) is 3. The van der Waals surface area contributed by atoms with E-state index in [0.29, 0.717) is 18.8 Å². The normalized spacial score (nSPS) is 28.6. The van der Waals surface area contributed by atoms with E-state index in [9.17, 15) is 10.1 Å². The van der Waals surface area contributed by atoms with Gasteiger partial charge in [-0.3, -0.25) is 9.89 Å². The number of carbonyl (C=O) groups is 1. The fourth-order valence-electron chi connectivity index (χ4n) is 3.62. The highest BCUT2D eigenvalue weighted by Gasteiger charge is 2.49. The molecule has 1 aromatic heterocycles. The van der Waals surface area contributed by atoms with E-state index >= 15 is 0 Å². The Morgan fingerprint density at radius 1 is 1.41 bits per heavy atom. The summed E-state index contributed by atoms with van der Waals surface area (Å²) in [6, 6.07) is 1.81. The smallest absolute Gasteiger partial charge is 0.275 e. The van der Waals surface area contributed by atoms with Crippen LogP contribution in [0.25, 0.3) is 0 Å². The Bertz CT molecular complexity index is 605. The van der Waals surface area contributed by atoms with Gasteiger partial charge in [0.2, 0.25) is 0 Å². The summed E-state index contributed by atoms with van der Waals surface area (Å²) < 4.78 is 6.02. The Kier molecular flexibility index (Phi) is 3.92. The van der Waals surface area contributed by atoms with Gasteiger partial charge in [-0.15, -0.1) is 0 Å². The van der Waals surface area contributed by atoms with Crippen LogP contribution in [-0.2, 0) is 4.74 Å². The number of aromatic nitrogens is 2. The van der Waals surface area contributed by atoms with Crippen LogP contribution in [0, 0.1) is 25.2 Å². The lowest BCUT2D eigenvalue weighted by atomic mass is 9.79. The second-order valence-electron chi connectivity index (χ2n) is 6.33. The van der Waals surface area contributed by atoms with Crippen molar-refractivity contribution < 1.29 is 9.53 Å². The van der Waals surface area contributed by atoms with Crippen molar-refractivity contribution in [1.29, 1.82) is 5.26 Å². The third kappa shape index (κ3) is 2.30. The number of hydrogen-bond acceptors (Lipinski definition) is 4. The zero-order chi connectivity index (χ0) is 15.7. The van der Waals surface area contributed by atoms with Gasteiger partial charge in [0.05, 0.1) is 6.07 Å². The SMILES string of the molecule is Cc1[nH]nc(C(=O)N2CCCC3(CCCCO3)C2C#N)c1C. The maximum absolute atomic E-state index is 12.9. The molecule has 2 aliphatic rings. The quantitative estimate of drug-likeness (QED) is 0.861. The highest BCUT2D eigenvalue weighted by Crippen LogP contribution is 2.38. The molecule has 2 atom stereocenters. The summed E-state index contributed by atoms with van der Waals surface area (Å²) in [5, 5.41) is 16.7. The van der Waals surface area contributed by atoms with Gasteiger partial charge in [-0.25, -0.2) is 0 Å². The first kappa shape index (κ1) is 15.0. The Morgan fingerprint density at radius 3 is 2.77 bits per heavy atom. The monoisotopic (exact) mass is 302 g/mol.